The van der Waals surface area contributed by atoms with Crippen molar-refractivity contribution in [3.05, 3.63) is 129 Å². The first-order valence-corrected chi connectivity index (χ1v) is 21.1. The number of pyridine rings is 2. The van der Waals surface area contributed by atoms with E-state index in [1.165, 1.54) is 6.33 Å². The maximum Gasteiger partial charge on any atom is 0.343 e. The molecule has 0 spiro atoms. The summed E-state index contributed by atoms with van der Waals surface area (Å²) < 4.78 is 21.1. The zero-order valence-corrected chi connectivity index (χ0v) is 34.8. The Hall–Kier alpha value is -7.23. The number of carbonyl (C=O) groups excluding carboxylic acids is 2. The lowest BCUT2D eigenvalue weighted by Crippen LogP contribution is -2.44. The average molecular weight is 845 g/mol. The highest BCUT2D eigenvalue weighted by Gasteiger charge is 2.45. The normalized spacial score (nSPS) is 17.8. The Morgan fingerprint density at radius 1 is 1.00 bits per heavy atom. The minimum Gasteiger partial charge on any atom is -0.489 e. The number of hydrogen-bond donors (Lipinski definition) is 3. The molecule has 3 aromatic carbocycles. The van der Waals surface area contributed by atoms with Crippen molar-refractivity contribution in [2.24, 2.45) is 0 Å². The molecule has 1 fully saturated rings. The topological polar surface area (TPSA) is 199 Å². The van der Waals surface area contributed by atoms with Gasteiger partial charge in [-0.2, -0.15) is 5.10 Å². The van der Waals surface area contributed by atoms with Crippen LogP contribution < -0.4 is 26.1 Å². The smallest absolute Gasteiger partial charge is 0.343 e. The first-order valence-electron chi connectivity index (χ1n) is 21.1. The lowest BCUT2D eigenvalue weighted by Gasteiger charge is -2.31. The third-order valence-electron chi connectivity index (χ3n) is 12.5. The van der Waals surface area contributed by atoms with Gasteiger partial charge in [-0.25, -0.2) is 24.4 Å². The van der Waals surface area contributed by atoms with Crippen LogP contribution in [-0.4, -0.2) is 65.9 Å². The van der Waals surface area contributed by atoms with Crippen LogP contribution in [0.15, 0.2) is 96.1 Å². The monoisotopic (exact) mass is 844 g/mol. The Labute approximate surface area is 361 Å². The number of anilines is 1. The number of ketones is 1. The number of nitrogens with zero attached hydrogens (tertiary/aromatic N) is 6. The molecule has 0 unspecified atom stereocenters. The van der Waals surface area contributed by atoms with Crippen LogP contribution in [0, 0.1) is 0 Å². The molecule has 10 rings (SSSR count). The van der Waals surface area contributed by atoms with Gasteiger partial charge in [0.1, 0.15) is 48.3 Å². The molecule has 0 bridgehead atoms. The van der Waals surface area contributed by atoms with Gasteiger partial charge in [-0.15, -0.1) is 0 Å². The first kappa shape index (κ1) is 39.9. The molecule has 15 nitrogen and oxygen atoms in total. The molecular weight excluding hydrogens is 801 g/mol. The number of cyclic esters (lactones) is 1. The third kappa shape index (κ3) is 6.71. The number of aryl methyl sites for hydroxylation is 1. The average Bonchev–Trinajstić information content (AvgIpc) is 3.89. The molecule has 0 aliphatic carbocycles. The highest BCUT2D eigenvalue weighted by molar-refractivity contribution is 6.08. The summed E-state index contributed by atoms with van der Waals surface area (Å²) in [6, 6.07) is 21.9. The number of carbonyl (C=O) groups is 2. The van der Waals surface area contributed by atoms with Crippen molar-refractivity contribution in [1.82, 2.24) is 34.6 Å². The van der Waals surface area contributed by atoms with Crippen LogP contribution in [0.1, 0.15) is 71.8 Å². The summed E-state index contributed by atoms with van der Waals surface area (Å²) >= 11 is 0. The summed E-state index contributed by atoms with van der Waals surface area (Å²) in [5.41, 5.74) is 11.5. The summed E-state index contributed by atoms with van der Waals surface area (Å²) in [5, 5.41) is 21.2. The number of aliphatic hydroxyl groups is 1. The van der Waals surface area contributed by atoms with Crippen LogP contribution in [0.25, 0.3) is 44.6 Å². The van der Waals surface area contributed by atoms with Crippen molar-refractivity contribution in [2.75, 3.05) is 25.4 Å². The van der Waals surface area contributed by atoms with Gasteiger partial charge in [-0.05, 0) is 111 Å². The number of rotatable bonds is 11. The van der Waals surface area contributed by atoms with E-state index in [0.717, 1.165) is 53.4 Å². The van der Waals surface area contributed by atoms with Crippen LogP contribution in [0.3, 0.4) is 0 Å². The number of aromatic nitrogens is 6. The second-order valence-corrected chi connectivity index (χ2v) is 16.2. The van der Waals surface area contributed by atoms with Crippen LogP contribution in [0.4, 0.5) is 5.82 Å². The second kappa shape index (κ2) is 15.6. The van der Waals surface area contributed by atoms with Gasteiger partial charge in [-0.1, -0.05) is 20.4 Å². The van der Waals surface area contributed by atoms with E-state index in [4.69, 9.17) is 30.0 Å². The number of nitrogen functional groups attached to an aromatic ring is 1. The van der Waals surface area contributed by atoms with Gasteiger partial charge in [0.05, 0.1) is 40.4 Å². The van der Waals surface area contributed by atoms with Crippen molar-refractivity contribution in [3.63, 3.8) is 0 Å². The summed E-state index contributed by atoms with van der Waals surface area (Å²) in [4.78, 5) is 53.5. The van der Waals surface area contributed by atoms with E-state index in [1.54, 1.807) is 47.9 Å². The fraction of sp³-hybridized carbons (Fsp3) is 0.271. The van der Waals surface area contributed by atoms with Crippen molar-refractivity contribution >= 4 is 39.5 Å². The van der Waals surface area contributed by atoms with Gasteiger partial charge in [0.25, 0.3) is 5.56 Å². The predicted molar refractivity (Wildman–Crippen MR) is 236 cm³/mol. The number of esters is 1. The van der Waals surface area contributed by atoms with Crippen LogP contribution in [0.5, 0.6) is 17.2 Å². The molecule has 2 atom stereocenters. The lowest BCUT2D eigenvalue weighted by molar-refractivity contribution is -0.172. The van der Waals surface area contributed by atoms with Crippen LogP contribution >= 0.6 is 0 Å². The van der Waals surface area contributed by atoms with Crippen molar-refractivity contribution in [3.8, 4) is 39.9 Å². The van der Waals surface area contributed by atoms with Gasteiger partial charge in [0.2, 0.25) is 0 Å². The number of nitrogens with one attached hydrogen (secondary N) is 1. The molecular formula is C48H44N8O7. The molecule has 4 N–H and O–H groups in total. The Kier molecular flexibility index (Phi) is 9.87. The van der Waals surface area contributed by atoms with E-state index in [2.05, 4.69) is 21.9 Å². The molecule has 3 aliphatic heterocycles. The SMILES string of the molecule is C=C(COc1ccc2nc3c(c(CC)c2c1)Cn1c-3cc2c(c1=O)COC(=O)[C@]2(O)CC)C(=O)c1ccc(Oc2ccc(-c3nn([C@@H]4CCCNC4)c4ncnc(N)c34)cc2)cc1. The molecule has 1 saturated heterocycles. The molecule has 15 heteroatoms. The molecule has 3 aliphatic rings. The molecule has 318 valence electrons. The van der Waals surface area contributed by atoms with E-state index in [0.29, 0.717) is 69.8 Å². The standard InChI is InChI=1S/C48H44N8O7/c1-4-33-34-19-32(16-17-38(34)53-42-35(33)22-55-39(42)20-37-36(46(55)58)24-62-47(59)48(37,60)5-2)61-23-26(3)43(57)28-10-14-31(15-11-28)63-30-12-8-27(9-13-30)41-40-44(49)51-25-52-45(40)56(54-41)29-7-6-18-50-21-29/h8-17,19-20,25,29,50,60H,3-7,18,21-24H2,1-2H3,(H2,49,51,52)/t29-,48+/m1/s1. The van der Waals surface area contributed by atoms with Crippen molar-refractivity contribution < 1.29 is 28.9 Å². The second-order valence-electron chi connectivity index (χ2n) is 16.2. The number of fused-ring (bicyclic) bond motifs is 6. The zero-order valence-electron chi connectivity index (χ0n) is 34.8. The first-order chi connectivity index (χ1) is 30.6. The number of Topliss-reactive ketones (excluding diaryl/α,β-unsaturated/α-hetero) is 1. The molecule has 7 heterocycles. The summed E-state index contributed by atoms with van der Waals surface area (Å²) in [6.45, 7) is 9.62. The number of hydrogen-bond acceptors (Lipinski definition) is 13. The zero-order chi connectivity index (χ0) is 43.6. The maximum atomic E-state index is 13.7. The molecule has 63 heavy (non-hydrogen) atoms. The van der Waals surface area contributed by atoms with Crippen molar-refractivity contribution in [1.29, 1.82) is 0 Å². The highest BCUT2D eigenvalue weighted by Crippen LogP contribution is 2.41. The highest BCUT2D eigenvalue weighted by atomic mass is 16.6. The Bertz CT molecular complexity index is 3080. The van der Waals surface area contributed by atoms with Crippen LogP contribution in [-0.2, 0) is 34.7 Å². The van der Waals surface area contributed by atoms with Crippen LogP contribution in [0.2, 0.25) is 0 Å². The van der Waals surface area contributed by atoms with Crippen molar-refractivity contribution in [2.45, 2.75) is 64.3 Å². The summed E-state index contributed by atoms with van der Waals surface area (Å²) in [6.07, 6.45) is 4.25. The number of nitrogens with two attached hydrogens (primary N) is 1. The Morgan fingerprint density at radius 2 is 1.76 bits per heavy atom. The quantitative estimate of drug-likeness (QED) is 0.0719. The van der Waals surface area contributed by atoms with E-state index in [1.807, 2.05) is 48.0 Å². The van der Waals surface area contributed by atoms with Gasteiger partial charge < -0.3 is 34.9 Å². The third-order valence-corrected chi connectivity index (χ3v) is 12.5. The van der Waals surface area contributed by atoms with E-state index in [9.17, 15) is 19.5 Å². The van der Waals surface area contributed by atoms with E-state index >= 15 is 0 Å². The molecule has 0 amide bonds. The minimum atomic E-state index is -1.90. The van der Waals surface area contributed by atoms with Gasteiger partial charge in [0, 0.05) is 39.8 Å². The fourth-order valence-electron chi connectivity index (χ4n) is 9.06. The number of benzene rings is 3. The number of ether oxygens (including phenoxy) is 3. The van der Waals surface area contributed by atoms with Gasteiger partial charge >= 0.3 is 5.97 Å². The van der Waals surface area contributed by atoms with E-state index < -0.39 is 11.6 Å². The Balaban J connectivity index is 0.812. The molecule has 0 saturated carbocycles. The lowest BCUT2D eigenvalue weighted by atomic mass is 9.86. The summed E-state index contributed by atoms with van der Waals surface area (Å²) in [7, 11) is 0. The number of piperidine rings is 1. The predicted octanol–water partition coefficient (Wildman–Crippen LogP) is 6.57. The van der Waals surface area contributed by atoms with Gasteiger partial charge in [-0.3, -0.25) is 9.59 Å². The maximum absolute atomic E-state index is 13.7. The molecule has 7 aromatic rings. The minimum absolute atomic E-state index is 0.0366. The van der Waals surface area contributed by atoms with E-state index in [-0.39, 0.29) is 53.7 Å². The summed E-state index contributed by atoms with van der Waals surface area (Å²) in [5.74, 6) is 1.07. The largest absolute Gasteiger partial charge is 0.489 e. The Morgan fingerprint density at radius 3 is 2.49 bits per heavy atom. The fourth-order valence-corrected chi connectivity index (χ4v) is 9.06. The molecule has 4 aromatic heterocycles. The van der Waals surface area contributed by atoms with Gasteiger partial charge in [0.15, 0.2) is 17.0 Å². The molecule has 0 radical (unpaired) electrons.